The Morgan fingerprint density at radius 1 is 1.50 bits per heavy atom. The summed E-state index contributed by atoms with van der Waals surface area (Å²) in [6.07, 6.45) is 2.77. The summed E-state index contributed by atoms with van der Waals surface area (Å²) >= 11 is 0. The number of hydrogen-bond acceptors (Lipinski definition) is 6. The average Bonchev–Trinajstić information content (AvgIpc) is 2.90. The van der Waals surface area contributed by atoms with Crippen molar-refractivity contribution in [2.45, 2.75) is 19.4 Å². The first-order valence-corrected chi connectivity index (χ1v) is 7.26. The fourth-order valence-corrected chi connectivity index (χ4v) is 3.09. The van der Waals surface area contributed by atoms with E-state index in [1.807, 2.05) is 0 Å². The topological polar surface area (TPSA) is 114 Å². The zero-order chi connectivity index (χ0) is 13.0. The Kier molecular flexibility index (Phi) is 4.27. The van der Waals surface area contributed by atoms with Crippen LogP contribution >= 0.6 is 0 Å². The van der Waals surface area contributed by atoms with E-state index in [0.717, 1.165) is 19.2 Å². The Labute approximate surface area is 106 Å². The van der Waals surface area contributed by atoms with Gasteiger partial charge in [0.05, 0.1) is 6.54 Å². The van der Waals surface area contributed by atoms with E-state index in [9.17, 15) is 8.42 Å². The van der Waals surface area contributed by atoms with Crippen LogP contribution in [0.5, 0.6) is 0 Å². The van der Waals surface area contributed by atoms with Crippen molar-refractivity contribution in [2.75, 3.05) is 19.6 Å². The molecule has 8 nitrogen and oxygen atoms in total. The number of aromatic nitrogens is 2. The molecule has 1 aromatic rings. The van der Waals surface area contributed by atoms with E-state index in [1.54, 1.807) is 0 Å². The molecule has 9 heteroatoms. The van der Waals surface area contributed by atoms with Crippen LogP contribution in [0.4, 0.5) is 0 Å². The number of nitrogens with zero attached hydrogens (tertiary/aromatic N) is 3. The highest BCUT2D eigenvalue weighted by Gasteiger charge is 2.27. The molecule has 0 saturated carbocycles. The molecule has 1 saturated heterocycles. The summed E-state index contributed by atoms with van der Waals surface area (Å²) in [5, 5.41) is 3.54. The quantitative estimate of drug-likeness (QED) is 0.718. The van der Waals surface area contributed by atoms with Crippen LogP contribution in [0.2, 0.25) is 0 Å². The second-order valence-corrected chi connectivity index (χ2v) is 6.01. The van der Waals surface area contributed by atoms with Crippen LogP contribution in [0.3, 0.4) is 0 Å². The van der Waals surface area contributed by atoms with Gasteiger partial charge in [-0.1, -0.05) is 5.16 Å². The third-order valence-electron chi connectivity index (χ3n) is 3.07. The lowest BCUT2D eigenvalue weighted by molar-refractivity contribution is 0.275. The van der Waals surface area contributed by atoms with Crippen molar-refractivity contribution in [3.05, 3.63) is 12.2 Å². The molecule has 18 heavy (non-hydrogen) atoms. The minimum absolute atomic E-state index is 0.0374. The predicted molar refractivity (Wildman–Crippen MR) is 63.4 cm³/mol. The molecule has 0 radical (unpaired) electrons. The van der Waals surface area contributed by atoms with E-state index in [-0.39, 0.29) is 6.54 Å². The lowest BCUT2D eigenvalue weighted by Gasteiger charge is -2.30. The van der Waals surface area contributed by atoms with Gasteiger partial charge in [0.15, 0.2) is 5.82 Å². The molecule has 1 aromatic heterocycles. The Balaban J connectivity index is 1.87. The van der Waals surface area contributed by atoms with E-state index in [0.29, 0.717) is 31.4 Å². The molecular weight excluding hydrogens is 258 g/mol. The van der Waals surface area contributed by atoms with Gasteiger partial charge in [-0.2, -0.15) is 22.4 Å². The van der Waals surface area contributed by atoms with Gasteiger partial charge >= 0.3 is 0 Å². The molecule has 0 aliphatic carbocycles. The summed E-state index contributed by atoms with van der Waals surface area (Å²) in [5.74, 6) is 0.740. The Morgan fingerprint density at radius 3 is 2.78 bits per heavy atom. The first kappa shape index (κ1) is 13.4. The number of piperidine rings is 1. The predicted octanol–water partition coefficient (Wildman–Crippen LogP) is -0.925. The maximum Gasteiger partial charge on any atom is 0.279 e. The monoisotopic (exact) mass is 275 g/mol. The zero-order valence-electron chi connectivity index (χ0n) is 9.95. The second-order valence-electron chi connectivity index (χ2n) is 4.25. The van der Waals surface area contributed by atoms with Crippen molar-refractivity contribution >= 4 is 10.2 Å². The van der Waals surface area contributed by atoms with Gasteiger partial charge in [0.1, 0.15) is 0 Å². The molecule has 0 amide bonds. The van der Waals surface area contributed by atoms with Crippen molar-refractivity contribution in [3.8, 4) is 0 Å². The molecule has 0 aromatic carbocycles. The summed E-state index contributed by atoms with van der Waals surface area (Å²) in [6, 6.07) is 0. The van der Waals surface area contributed by atoms with E-state index in [2.05, 4.69) is 19.4 Å². The van der Waals surface area contributed by atoms with Gasteiger partial charge < -0.3 is 10.3 Å². The molecule has 0 atom stereocenters. The van der Waals surface area contributed by atoms with E-state index in [1.165, 1.54) is 4.31 Å². The third-order valence-corrected chi connectivity index (χ3v) is 4.62. The molecule has 102 valence electrons. The highest BCUT2D eigenvalue weighted by Crippen LogP contribution is 2.17. The Hall–Kier alpha value is -1.03. The van der Waals surface area contributed by atoms with Crippen molar-refractivity contribution in [2.24, 2.45) is 11.7 Å². The van der Waals surface area contributed by atoms with Crippen LogP contribution in [-0.4, -0.2) is 42.5 Å². The summed E-state index contributed by atoms with van der Waals surface area (Å²) in [6.45, 7) is 1.66. The summed E-state index contributed by atoms with van der Waals surface area (Å²) in [7, 11) is -3.47. The maximum atomic E-state index is 12.0. The zero-order valence-corrected chi connectivity index (χ0v) is 10.8. The van der Waals surface area contributed by atoms with Gasteiger partial charge in [-0.3, -0.25) is 0 Å². The summed E-state index contributed by atoms with van der Waals surface area (Å²) < 4.78 is 32.4. The van der Waals surface area contributed by atoms with Crippen molar-refractivity contribution in [1.29, 1.82) is 0 Å². The van der Waals surface area contributed by atoms with Crippen LogP contribution in [0.25, 0.3) is 0 Å². The molecule has 2 heterocycles. The molecule has 0 spiro atoms. The number of rotatable bonds is 5. The lowest BCUT2D eigenvalue weighted by Crippen LogP contribution is -2.45. The summed E-state index contributed by atoms with van der Waals surface area (Å²) in [5.41, 5.74) is 5.57. The standard InChI is InChI=1S/C9H17N5O3S/c10-5-8-1-3-14(4-2-8)18(15,16)12-6-9-11-7-17-13-9/h7-8,12H,1-6,10H2. The average molecular weight is 275 g/mol. The van der Waals surface area contributed by atoms with Crippen molar-refractivity contribution < 1.29 is 12.9 Å². The van der Waals surface area contributed by atoms with Gasteiger partial charge in [0.25, 0.3) is 10.2 Å². The molecule has 3 N–H and O–H groups in total. The van der Waals surface area contributed by atoms with Crippen molar-refractivity contribution in [1.82, 2.24) is 19.2 Å². The van der Waals surface area contributed by atoms with E-state index in [4.69, 9.17) is 5.73 Å². The van der Waals surface area contributed by atoms with Gasteiger partial charge in [0, 0.05) is 13.1 Å². The number of hydrogen-bond donors (Lipinski definition) is 2. The molecule has 1 aliphatic rings. The number of nitrogens with one attached hydrogen (secondary N) is 1. The van der Waals surface area contributed by atoms with E-state index >= 15 is 0 Å². The Morgan fingerprint density at radius 2 is 2.22 bits per heavy atom. The van der Waals surface area contributed by atoms with Crippen LogP contribution in [0.1, 0.15) is 18.7 Å². The minimum atomic E-state index is -3.47. The highest BCUT2D eigenvalue weighted by molar-refractivity contribution is 7.87. The summed E-state index contributed by atoms with van der Waals surface area (Å²) in [4.78, 5) is 3.75. The largest absolute Gasteiger partial charge is 0.343 e. The molecular formula is C9H17N5O3S. The fraction of sp³-hybridized carbons (Fsp3) is 0.778. The van der Waals surface area contributed by atoms with Crippen LogP contribution < -0.4 is 10.5 Å². The second kappa shape index (κ2) is 5.74. The SMILES string of the molecule is NCC1CCN(S(=O)(=O)NCc2ncon2)CC1. The van der Waals surface area contributed by atoms with E-state index < -0.39 is 10.2 Å². The minimum Gasteiger partial charge on any atom is -0.343 e. The maximum absolute atomic E-state index is 12.0. The normalized spacial score (nSPS) is 19.2. The fourth-order valence-electron chi connectivity index (χ4n) is 1.90. The van der Waals surface area contributed by atoms with Gasteiger partial charge in [0.2, 0.25) is 6.39 Å². The molecule has 1 fully saturated rings. The highest BCUT2D eigenvalue weighted by atomic mass is 32.2. The molecule has 0 unspecified atom stereocenters. The smallest absolute Gasteiger partial charge is 0.279 e. The van der Waals surface area contributed by atoms with Gasteiger partial charge in [-0.25, -0.2) is 0 Å². The van der Waals surface area contributed by atoms with Gasteiger partial charge in [-0.15, -0.1) is 0 Å². The molecule has 2 rings (SSSR count). The Bertz CT molecular complexity index is 453. The molecule has 0 bridgehead atoms. The number of nitrogens with two attached hydrogens (primary N) is 1. The first-order chi connectivity index (χ1) is 8.62. The third kappa shape index (κ3) is 3.25. The van der Waals surface area contributed by atoms with Crippen LogP contribution in [-0.2, 0) is 16.8 Å². The lowest BCUT2D eigenvalue weighted by atomic mass is 9.99. The molecule has 1 aliphatic heterocycles. The van der Waals surface area contributed by atoms with Crippen LogP contribution in [0.15, 0.2) is 10.9 Å². The van der Waals surface area contributed by atoms with Crippen LogP contribution in [0, 0.1) is 5.92 Å². The first-order valence-electron chi connectivity index (χ1n) is 5.82. The van der Waals surface area contributed by atoms with Crippen molar-refractivity contribution in [3.63, 3.8) is 0 Å². The van der Waals surface area contributed by atoms with Gasteiger partial charge in [-0.05, 0) is 25.3 Å².